The molecule has 5 rings (SSSR count). The number of benzene rings is 1. The van der Waals surface area contributed by atoms with Crippen molar-refractivity contribution in [3.8, 4) is 16.9 Å². The Morgan fingerprint density at radius 1 is 0.700 bits per heavy atom. The number of imidazole rings is 1. The molecule has 0 aliphatic heterocycles. The number of fused-ring (bicyclic) bond motifs is 1. The summed E-state index contributed by atoms with van der Waals surface area (Å²) in [5.41, 5.74) is 11.4. The Labute approximate surface area is 359 Å². The Kier molecular flexibility index (Phi) is 22.5. The molecule has 60 heavy (non-hydrogen) atoms. The number of aromatic nitrogens is 3. The van der Waals surface area contributed by atoms with E-state index in [0.29, 0.717) is 136 Å². The van der Waals surface area contributed by atoms with Gasteiger partial charge in [0, 0.05) is 24.3 Å². The van der Waals surface area contributed by atoms with Gasteiger partial charge in [0.1, 0.15) is 29.6 Å². The summed E-state index contributed by atoms with van der Waals surface area (Å²) in [5.74, 6) is 2.52. The van der Waals surface area contributed by atoms with Gasteiger partial charge in [-0.1, -0.05) is 42.1 Å². The topological polar surface area (TPSA) is 164 Å². The molecular formula is C44H66ClN5O10. The summed E-state index contributed by atoms with van der Waals surface area (Å²) in [7, 11) is 0. The van der Waals surface area contributed by atoms with E-state index in [1.807, 2.05) is 26.0 Å². The Morgan fingerprint density at radius 2 is 1.25 bits per heavy atom. The van der Waals surface area contributed by atoms with Gasteiger partial charge in [-0.15, -0.1) is 0 Å². The third-order valence-electron chi connectivity index (χ3n) is 9.96. The smallest absolute Gasteiger partial charge is 0.141 e. The van der Waals surface area contributed by atoms with Gasteiger partial charge in [-0.05, 0) is 74.9 Å². The lowest BCUT2D eigenvalue weighted by molar-refractivity contribution is -0.0234. The second-order valence-corrected chi connectivity index (χ2v) is 14.9. The van der Waals surface area contributed by atoms with Crippen LogP contribution in [-0.4, -0.2) is 139 Å². The van der Waals surface area contributed by atoms with Crippen LogP contribution in [0, 0.1) is 13.8 Å². The molecule has 0 saturated heterocycles. The van der Waals surface area contributed by atoms with Crippen LogP contribution in [-0.2, 0) is 50.7 Å². The van der Waals surface area contributed by atoms with Gasteiger partial charge in [-0.25, -0.2) is 4.98 Å². The third kappa shape index (κ3) is 16.8. The van der Waals surface area contributed by atoms with Crippen LogP contribution in [0.1, 0.15) is 54.8 Å². The van der Waals surface area contributed by atoms with E-state index < -0.39 is 0 Å². The van der Waals surface area contributed by atoms with Crippen LogP contribution in [0.25, 0.3) is 16.8 Å². The van der Waals surface area contributed by atoms with Crippen LogP contribution in [0.4, 0.5) is 5.82 Å². The highest BCUT2D eigenvalue weighted by atomic mass is 35.5. The van der Waals surface area contributed by atoms with Gasteiger partial charge in [0.25, 0.3) is 0 Å². The van der Waals surface area contributed by atoms with E-state index in [9.17, 15) is 0 Å². The lowest BCUT2D eigenvalue weighted by atomic mass is 9.95. The first-order valence-corrected chi connectivity index (χ1v) is 21.8. The summed E-state index contributed by atoms with van der Waals surface area (Å²) in [5, 5.41) is 8.59. The highest BCUT2D eigenvalue weighted by Gasteiger charge is 2.20. The van der Waals surface area contributed by atoms with Crippen LogP contribution in [0.2, 0.25) is 5.02 Å². The van der Waals surface area contributed by atoms with E-state index in [1.54, 1.807) is 0 Å². The van der Waals surface area contributed by atoms with Crippen LogP contribution < -0.4 is 15.8 Å². The number of halogens is 1. The number of hydrogen-bond donors (Lipinski definition) is 2. The molecule has 1 fully saturated rings. The van der Waals surface area contributed by atoms with E-state index in [0.717, 1.165) is 58.1 Å². The molecule has 3 aromatic heterocycles. The fourth-order valence-electron chi connectivity index (χ4n) is 6.93. The molecule has 0 radical (unpaired) electrons. The highest BCUT2D eigenvalue weighted by Crippen LogP contribution is 2.32. The van der Waals surface area contributed by atoms with Crippen LogP contribution in [0.5, 0.6) is 5.75 Å². The zero-order chi connectivity index (χ0) is 42.0. The van der Waals surface area contributed by atoms with Gasteiger partial charge in [0.15, 0.2) is 0 Å². The Morgan fingerprint density at radius 3 is 1.77 bits per heavy atom. The molecule has 3 heterocycles. The number of ether oxygens (including phenoxy) is 9. The zero-order valence-corrected chi connectivity index (χ0v) is 36.4. The van der Waals surface area contributed by atoms with Crippen LogP contribution in [0.15, 0.2) is 41.1 Å². The predicted octanol–water partition coefficient (Wildman–Crippen LogP) is 6.26. The molecule has 4 aromatic rings. The van der Waals surface area contributed by atoms with Gasteiger partial charge in [0.2, 0.25) is 0 Å². The van der Waals surface area contributed by atoms with Gasteiger partial charge in [-0.3, -0.25) is 4.40 Å². The zero-order valence-electron chi connectivity index (χ0n) is 35.6. The first-order chi connectivity index (χ1) is 29.5. The van der Waals surface area contributed by atoms with Crippen molar-refractivity contribution in [3.63, 3.8) is 0 Å². The maximum absolute atomic E-state index is 6.67. The second-order valence-electron chi connectivity index (χ2n) is 14.5. The minimum absolute atomic E-state index is 0.386. The maximum atomic E-state index is 6.67. The monoisotopic (exact) mass is 859 g/mol. The minimum Gasteiger partial charge on any atom is -0.490 e. The fourth-order valence-corrected chi connectivity index (χ4v) is 7.18. The van der Waals surface area contributed by atoms with Crippen molar-refractivity contribution in [1.82, 2.24) is 14.5 Å². The van der Waals surface area contributed by atoms with E-state index in [-0.39, 0.29) is 0 Å². The van der Waals surface area contributed by atoms with Crippen molar-refractivity contribution in [2.75, 3.05) is 124 Å². The number of pyridine rings is 1. The van der Waals surface area contributed by atoms with Crippen molar-refractivity contribution < 1.29 is 47.2 Å². The molecule has 334 valence electrons. The fraction of sp³-hybridized carbons (Fsp3) is 0.636. The Balaban J connectivity index is 0.886. The van der Waals surface area contributed by atoms with Crippen LogP contribution >= 0.6 is 11.6 Å². The quantitative estimate of drug-likeness (QED) is 0.0516. The highest BCUT2D eigenvalue weighted by molar-refractivity contribution is 6.32. The molecule has 15 nitrogen and oxygen atoms in total. The molecule has 3 N–H and O–H groups in total. The SMILES string of the molecule is Cc1noc(C)c1-c1ccn2c(NC3CCCCC3)c(CCc3ccc(OCCOCCOCCOCCOCCOCCOCCOCCOCCN)c(Cl)c3)nc2c1. The molecule has 0 bridgehead atoms. The number of aryl methyl sites for hydroxylation is 4. The molecular weight excluding hydrogens is 794 g/mol. The summed E-state index contributed by atoms with van der Waals surface area (Å²) in [6.07, 6.45) is 9.83. The third-order valence-corrected chi connectivity index (χ3v) is 10.3. The number of anilines is 1. The number of nitrogens with zero attached hydrogens (tertiary/aromatic N) is 3. The molecule has 0 spiro atoms. The van der Waals surface area contributed by atoms with E-state index >= 15 is 0 Å². The van der Waals surface area contributed by atoms with E-state index in [4.69, 9.17) is 69.5 Å². The molecule has 0 atom stereocenters. The molecule has 16 heteroatoms. The molecule has 0 amide bonds. The van der Waals surface area contributed by atoms with Crippen LogP contribution in [0.3, 0.4) is 0 Å². The average molecular weight is 860 g/mol. The largest absolute Gasteiger partial charge is 0.490 e. The molecule has 1 aliphatic carbocycles. The number of nitrogens with one attached hydrogen (secondary N) is 1. The average Bonchev–Trinajstić information content (AvgIpc) is 3.78. The number of rotatable bonds is 33. The lowest BCUT2D eigenvalue weighted by Gasteiger charge is -2.24. The van der Waals surface area contributed by atoms with E-state index in [2.05, 4.69) is 39.3 Å². The minimum atomic E-state index is 0.386. The van der Waals surface area contributed by atoms with Gasteiger partial charge >= 0.3 is 0 Å². The van der Waals surface area contributed by atoms with Crippen molar-refractivity contribution in [1.29, 1.82) is 0 Å². The normalized spacial score (nSPS) is 13.5. The molecule has 1 saturated carbocycles. The lowest BCUT2D eigenvalue weighted by Crippen LogP contribution is -2.23. The first-order valence-electron chi connectivity index (χ1n) is 21.5. The summed E-state index contributed by atoms with van der Waals surface area (Å²) in [4.78, 5) is 5.13. The summed E-state index contributed by atoms with van der Waals surface area (Å²) in [6, 6.07) is 10.7. The van der Waals surface area contributed by atoms with Crippen molar-refractivity contribution in [2.24, 2.45) is 5.73 Å². The molecule has 1 aliphatic rings. The van der Waals surface area contributed by atoms with Gasteiger partial charge in [0.05, 0.1) is 122 Å². The summed E-state index contributed by atoms with van der Waals surface area (Å²) >= 11 is 6.67. The molecule has 0 unspecified atom stereocenters. The summed E-state index contributed by atoms with van der Waals surface area (Å²) in [6.45, 7) is 12.9. The standard InChI is InChI=1S/C44H66ClN5O10/c1-34-43(35(2)60-49-34)37-12-14-50-42(33-37)48-40(44(50)47-38-6-4-3-5-7-38)10-8-36-9-11-41(39(45)32-36)59-31-30-58-29-28-57-27-26-56-25-24-55-23-22-54-21-20-53-19-18-52-17-16-51-15-13-46/h9,11-12,14,32-33,38,47H,3-8,10,13,15-31,46H2,1-2H3. The first kappa shape index (κ1) is 47.7. The number of nitrogens with two attached hydrogens (primary N) is 1. The maximum Gasteiger partial charge on any atom is 0.141 e. The Bertz CT molecular complexity index is 1750. The Hall–Kier alpha value is -3.35. The molecule has 1 aromatic carbocycles. The van der Waals surface area contributed by atoms with Gasteiger partial charge < -0.3 is 58.2 Å². The van der Waals surface area contributed by atoms with Crippen molar-refractivity contribution in [2.45, 2.75) is 64.8 Å². The predicted molar refractivity (Wildman–Crippen MR) is 231 cm³/mol. The van der Waals surface area contributed by atoms with Gasteiger partial charge in [-0.2, -0.15) is 0 Å². The summed E-state index contributed by atoms with van der Waals surface area (Å²) < 4.78 is 57.4. The van der Waals surface area contributed by atoms with Crippen molar-refractivity contribution >= 4 is 23.1 Å². The van der Waals surface area contributed by atoms with E-state index in [1.165, 1.54) is 32.1 Å². The second kappa shape index (κ2) is 28.3. The number of hydrogen-bond acceptors (Lipinski definition) is 14. The van der Waals surface area contributed by atoms with Crippen molar-refractivity contribution in [3.05, 3.63) is 64.3 Å².